The second-order valence-electron chi connectivity index (χ2n) is 6.82. The van der Waals surface area contributed by atoms with Crippen molar-refractivity contribution in [1.29, 1.82) is 0 Å². The van der Waals surface area contributed by atoms with Gasteiger partial charge in [-0.2, -0.15) is 0 Å². The van der Waals surface area contributed by atoms with Crippen molar-refractivity contribution in [3.63, 3.8) is 0 Å². The van der Waals surface area contributed by atoms with Crippen LogP contribution in [-0.4, -0.2) is 41.6 Å². The Morgan fingerprint density at radius 2 is 1.68 bits per heavy atom. The van der Waals surface area contributed by atoms with Crippen LogP contribution in [-0.2, 0) is 9.53 Å². The fourth-order valence-electron chi connectivity index (χ4n) is 3.39. The number of nitrogens with zero attached hydrogens (tertiary/aromatic N) is 2. The molecule has 160 valence electrons. The molecule has 2 atom stereocenters. The number of esters is 1. The van der Waals surface area contributed by atoms with Crippen LogP contribution in [0.25, 0.3) is 10.8 Å². The number of ether oxygens (including phenoxy) is 1. The lowest BCUT2D eigenvalue weighted by atomic mass is 10.0. The Labute approximate surface area is 184 Å². The van der Waals surface area contributed by atoms with Crippen LogP contribution in [0.5, 0.6) is 0 Å². The summed E-state index contributed by atoms with van der Waals surface area (Å²) in [6.45, 7) is 0. The summed E-state index contributed by atoms with van der Waals surface area (Å²) in [6, 6.07) is 20.4. The molecule has 31 heavy (non-hydrogen) atoms. The van der Waals surface area contributed by atoms with E-state index in [0.29, 0.717) is 11.3 Å². The monoisotopic (exact) mass is 438 g/mol. The number of hydrogen-bond acceptors (Lipinski definition) is 6. The van der Waals surface area contributed by atoms with Crippen molar-refractivity contribution in [3.8, 4) is 0 Å². The van der Waals surface area contributed by atoms with Gasteiger partial charge in [0.05, 0.1) is 13.5 Å². The average Bonchev–Trinajstić information content (AvgIpc) is 2.81. The maximum Gasteiger partial charge on any atom is 0.329 e. The zero-order chi connectivity index (χ0) is 22.4. The predicted octanol–water partition coefficient (Wildman–Crippen LogP) is 4.38. The first-order valence-corrected chi connectivity index (χ1v) is 10.9. The molecule has 3 aromatic rings. The minimum atomic E-state index is -1.17. The lowest BCUT2D eigenvalue weighted by Gasteiger charge is -2.30. The van der Waals surface area contributed by atoms with Crippen molar-refractivity contribution >= 4 is 40.1 Å². The van der Waals surface area contributed by atoms with Gasteiger partial charge in [0.1, 0.15) is 6.04 Å². The number of benzene rings is 3. The molecule has 0 fully saturated rings. The molecule has 1 unspecified atom stereocenters. The van der Waals surface area contributed by atoms with Crippen molar-refractivity contribution in [2.45, 2.75) is 17.8 Å². The lowest BCUT2D eigenvalue weighted by Crippen LogP contribution is -2.48. The molecule has 3 rings (SSSR count). The SMILES string of the molecule is COC(=O)[C@H](CC(SC)[N+](=O)[O-])N(C(=O)c1ccccc1)c1ccc2ccccc2c1. The number of anilines is 1. The van der Waals surface area contributed by atoms with Gasteiger partial charge >= 0.3 is 5.97 Å². The molecule has 0 aromatic heterocycles. The Kier molecular flexibility index (Phi) is 7.25. The number of hydrogen-bond donors (Lipinski definition) is 0. The van der Waals surface area contributed by atoms with Crippen molar-refractivity contribution in [3.05, 3.63) is 88.5 Å². The molecule has 3 aromatic carbocycles. The van der Waals surface area contributed by atoms with Crippen molar-refractivity contribution in [2.75, 3.05) is 18.3 Å². The van der Waals surface area contributed by atoms with Crippen LogP contribution in [0, 0.1) is 10.1 Å². The molecule has 0 saturated heterocycles. The van der Waals surface area contributed by atoms with Crippen LogP contribution >= 0.6 is 11.8 Å². The Morgan fingerprint density at radius 3 is 2.29 bits per heavy atom. The Morgan fingerprint density at radius 1 is 1.03 bits per heavy atom. The number of carbonyl (C=O) groups is 2. The number of thioether (sulfide) groups is 1. The van der Waals surface area contributed by atoms with Crippen molar-refractivity contribution in [2.24, 2.45) is 0 Å². The van der Waals surface area contributed by atoms with E-state index in [-0.39, 0.29) is 6.42 Å². The number of methoxy groups -OCH3 is 1. The van der Waals surface area contributed by atoms with Crippen LogP contribution in [0.1, 0.15) is 16.8 Å². The van der Waals surface area contributed by atoms with Crippen molar-refractivity contribution < 1.29 is 19.2 Å². The molecule has 0 radical (unpaired) electrons. The number of rotatable bonds is 8. The van der Waals surface area contributed by atoms with E-state index in [4.69, 9.17) is 4.74 Å². The summed E-state index contributed by atoms with van der Waals surface area (Å²) in [5.41, 5.74) is 0.831. The molecule has 0 aliphatic carbocycles. The van der Waals surface area contributed by atoms with Gasteiger partial charge in [-0.25, -0.2) is 4.79 Å². The number of fused-ring (bicyclic) bond motifs is 1. The van der Waals surface area contributed by atoms with E-state index in [1.165, 1.54) is 12.0 Å². The Bertz CT molecular complexity index is 1090. The standard InChI is InChI=1S/C23H22N2O5S/c1-30-23(27)20(15-21(31-2)25(28)29)24(22(26)17-9-4-3-5-10-17)19-13-12-16-8-6-7-11-18(16)14-19/h3-14,20-21H,15H2,1-2H3/t20-,21?/m0/s1. The first kappa shape index (κ1) is 22.3. The molecule has 0 aliphatic heterocycles. The second-order valence-corrected chi connectivity index (χ2v) is 7.84. The number of nitro groups is 1. The highest BCUT2D eigenvalue weighted by Crippen LogP contribution is 2.29. The highest BCUT2D eigenvalue weighted by atomic mass is 32.2. The van der Waals surface area contributed by atoms with Crippen LogP contribution in [0.3, 0.4) is 0 Å². The van der Waals surface area contributed by atoms with Crippen LogP contribution in [0.4, 0.5) is 5.69 Å². The van der Waals surface area contributed by atoms with Crippen LogP contribution in [0.2, 0.25) is 0 Å². The maximum atomic E-state index is 13.5. The van der Waals surface area contributed by atoms with Gasteiger partial charge in [-0.3, -0.25) is 19.8 Å². The topological polar surface area (TPSA) is 89.8 Å². The summed E-state index contributed by atoms with van der Waals surface area (Å²) in [7, 11) is 1.21. The van der Waals surface area contributed by atoms with E-state index in [0.717, 1.165) is 22.5 Å². The lowest BCUT2D eigenvalue weighted by molar-refractivity contribution is -0.496. The molecule has 8 heteroatoms. The van der Waals surface area contributed by atoms with Gasteiger partial charge in [0.15, 0.2) is 0 Å². The Hall–Kier alpha value is -3.39. The van der Waals surface area contributed by atoms with Crippen LogP contribution in [0.15, 0.2) is 72.8 Å². The molecule has 0 spiro atoms. The predicted molar refractivity (Wildman–Crippen MR) is 122 cm³/mol. The highest BCUT2D eigenvalue weighted by Gasteiger charge is 2.38. The number of amides is 1. The third-order valence-electron chi connectivity index (χ3n) is 4.97. The number of carbonyl (C=O) groups excluding carboxylic acids is 2. The minimum Gasteiger partial charge on any atom is -0.467 e. The van der Waals surface area contributed by atoms with E-state index >= 15 is 0 Å². The van der Waals surface area contributed by atoms with E-state index in [1.807, 2.05) is 30.3 Å². The van der Waals surface area contributed by atoms with E-state index in [9.17, 15) is 19.7 Å². The molecule has 1 amide bonds. The summed E-state index contributed by atoms with van der Waals surface area (Å²) in [5, 5.41) is 12.3. The second kappa shape index (κ2) is 10.1. The smallest absolute Gasteiger partial charge is 0.329 e. The molecule has 0 aliphatic rings. The van der Waals surface area contributed by atoms with Gasteiger partial charge < -0.3 is 4.74 Å². The molecule has 7 nitrogen and oxygen atoms in total. The normalized spacial score (nSPS) is 12.7. The highest BCUT2D eigenvalue weighted by molar-refractivity contribution is 7.99. The molecule has 0 saturated carbocycles. The third kappa shape index (κ3) is 5.03. The van der Waals surface area contributed by atoms with Crippen LogP contribution < -0.4 is 4.90 Å². The van der Waals surface area contributed by atoms with Gasteiger partial charge in [0, 0.05) is 16.2 Å². The van der Waals surface area contributed by atoms with Gasteiger partial charge in [0.2, 0.25) is 0 Å². The fourth-order valence-corrected chi connectivity index (χ4v) is 3.93. The molecule has 0 N–H and O–H groups in total. The van der Waals surface area contributed by atoms with Gasteiger partial charge in [-0.1, -0.05) is 60.3 Å². The molecular formula is C23H22N2O5S. The Balaban J connectivity index is 2.14. The van der Waals surface area contributed by atoms with Gasteiger partial charge in [-0.15, -0.1) is 0 Å². The molecule has 0 heterocycles. The van der Waals surface area contributed by atoms with E-state index in [2.05, 4.69) is 0 Å². The molecular weight excluding hydrogens is 416 g/mol. The average molecular weight is 439 g/mol. The minimum absolute atomic E-state index is 0.188. The summed E-state index contributed by atoms with van der Waals surface area (Å²) in [5.74, 6) is -1.15. The fraction of sp³-hybridized carbons (Fsp3) is 0.217. The van der Waals surface area contributed by atoms with Gasteiger partial charge in [-0.05, 0) is 41.3 Å². The molecule has 0 bridgehead atoms. The largest absolute Gasteiger partial charge is 0.467 e. The summed E-state index contributed by atoms with van der Waals surface area (Å²) in [6.07, 6.45) is 1.41. The zero-order valence-corrected chi connectivity index (χ0v) is 18.0. The summed E-state index contributed by atoms with van der Waals surface area (Å²) in [4.78, 5) is 38.6. The summed E-state index contributed by atoms with van der Waals surface area (Å²) < 4.78 is 4.95. The van der Waals surface area contributed by atoms with E-state index in [1.54, 1.807) is 48.7 Å². The maximum absolute atomic E-state index is 13.5. The van der Waals surface area contributed by atoms with E-state index < -0.39 is 28.2 Å². The zero-order valence-electron chi connectivity index (χ0n) is 17.1. The quantitative estimate of drug-likeness (QED) is 0.224. The first-order chi connectivity index (χ1) is 15.0. The van der Waals surface area contributed by atoms with Crippen molar-refractivity contribution in [1.82, 2.24) is 0 Å². The summed E-state index contributed by atoms with van der Waals surface area (Å²) >= 11 is 1.01. The first-order valence-electron chi connectivity index (χ1n) is 9.57. The third-order valence-corrected chi connectivity index (χ3v) is 5.88. The van der Waals surface area contributed by atoms with Gasteiger partial charge in [0.25, 0.3) is 11.3 Å².